The number of rotatable bonds is 6. The summed E-state index contributed by atoms with van der Waals surface area (Å²) in [5.74, 6) is -1.01. The van der Waals surface area contributed by atoms with Crippen molar-refractivity contribution in [3.8, 4) is 0 Å². The predicted octanol–water partition coefficient (Wildman–Crippen LogP) is 3.57. The second-order valence-corrected chi connectivity index (χ2v) is 6.79. The van der Waals surface area contributed by atoms with E-state index in [0.717, 1.165) is 11.3 Å². The maximum absolute atomic E-state index is 12.7. The van der Waals surface area contributed by atoms with Crippen LogP contribution >= 0.6 is 23.2 Å². The predicted molar refractivity (Wildman–Crippen MR) is 94.3 cm³/mol. The highest BCUT2D eigenvalue weighted by Crippen LogP contribution is 2.27. The number of nitrogens with zero attached hydrogens (tertiary/aromatic N) is 2. The molecule has 1 aromatic carbocycles. The molecule has 0 fully saturated rings. The maximum Gasteiger partial charge on any atom is 0.327 e. The van der Waals surface area contributed by atoms with E-state index in [1.165, 1.54) is 5.01 Å². The van der Waals surface area contributed by atoms with Crippen molar-refractivity contribution in [2.75, 3.05) is 13.2 Å². The van der Waals surface area contributed by atoms with Crippen LogP contribution in [-0.4, -0.2) is 35.7 Å². The first-order valence-corrected chi connectivity index (χ1v) is 8.57. The Hall–Kier alpha value is -1.59. The van der Waals surface area contributed by atoms with E-state index in [2.05, 4.69) is 5.10 Å². The second kappa shape index (κ2) is 7.99. The Bertz CT molecular complexity index is 654. The maximum atomic E-state index is 12.7. The van der Waals surface area contributed by atoms with E-state index in [0.29, 0.717) is 16.5 Å². The number of carbonyl (C=O) groups excluding carboxylic acids is 2. The molecule has 7 heteroatoms. The fourth-order valence-electron chi connectivity index (χ4n) is 2.68. The van der Waals surface area contributed by atoms with Crippen molar-refractivity contribution in [2.24, 2.45) is 16.9 Å². The minimum atomic E-state index is -0.468. The van der Waals surface area contributed by atoms with Crippen molar-refractivity contribution in [2.45, 2.75) is 27.2 Å². The van der Waals surface area contributed by atoms with Gasteiger partial charge in [0, 0.05) is 10.0 Å². The van der Waals surface area contributed by atoms with Crippen molar-refractivity contribution < 1.29 is 14.3 Å². The number of ether oxygens (including phenoxy) is 1. The molecule has 1 heterocycles. The average Bonchev–Trinajstić information content (AvgIpc) is 2.76. The molecule has 0 bridgehead atoms. The summed E-state index contributed by atoms with van der Waals surface area (Å²) in [5, 5.41) is 6.59. The zero-order valence-corrected chi connectivity index (χ0v) is 15.4. The molecule has 0 aromatic heterocycles. The van der Waals surface area contributed by atoms with Crippen LogP contribution in [0.5, 0.6) is 0 Å². The van der Waals surface area contributed by atoms with Gasteiger partial charge in [-0.25, -0.2) is 5.01 Å². The van der Waals surface area contributed by atoms with Crippen LogP contribution in [0, 0.1) is 11.8 Å². The van der Waals surface area contributed by atoms with Gasteiger partial charge in [0.1, 0.15) is 6.54 Å². The Labute approximate surface area is 151 Å². The summed E-state index contributed by atoms with van der Waals surface area (Å²) in [4.78, 5) is 24.3. The number of hydrogen-bond acceptors (Lipinski definition) is 4. The first-order valence-electron chi connectivity index (χ1n) is 7.82. The first-order chi connectivity index (χ1) is 11.3. The number of halogens is 2. The fourth-order valence-corrected chi connectivity index (χ4v) is 3.25. The molecule has 1 amide bonds. The first kappa shape index (κ1) is 18.7. The van der Waals surface area contributed by atoms with E-state index in [1.54, 1.807) is 25.1 Å². The summed E-state index contributed by atoms with van der Waals surface area (Å²) < 4.78 is 4.90. The van der Waals surface area contributed by atoms with Crippen LogP contribution in [-0.2, 0) is 20.7 Å². The van der Waals surface area contributed by atoms with E-state index in [9.17, 15) is 9.59 Å². The molecule has 0 aliphatic carbocycles. The number of carbonyl (C=O) groups is 2. The van der Waals surface area contributed by atoms with Crippen LogP contribution < -0.4 is 0 Å². The monoisotopic (exact) mass is 370 g/mol. The van der Waals surface area contributed by atoms with Gasteiger partial charge in [0.2, 0.25) is 0 Å². The Kier molecular flexibility index (Phi) is 6.24. The largest absolute Gasteiger partial charge is 0.465 e. The second-order valence-electron chi connectivity index (χ2n) is 5.91. The summed E-state index contributed by atoms with van der Waals surface area (Å²) in [6, 6.07) is 5.22. The SMILES string of the molecule is CCOC(=O)CN1N=C(C(C)C)C(Cc2cc(Cl)cc(Cl)c2)C1=O. The molecule has 1 aliphatic rings. The third-order valence-electron chi connectivity index (χ3n) is 3.68. The lowest BCUT2D eigenvalue weighted by Gasteiger charge is -2.15. The summed E-state index contributed by atoms with van der Waals surface area (Å²) in [6.07, 6.45) is 0.440. The molecule has 130 valence electrons. The topological polar surface area (TPSA) is 59.0 Å². The van der Waals surface area contributed by atoms with E-state index in [-0.39, 0.29) is 25.0 Å². The standard InChI is InChI=1S/C17H20Cl2N2O3/c1-4-24-15(22)9-21-17(23)14(16(20-21)10(2)3)7-11-5-12(18)8-13(19)6-11/h5-6,8,10,14H,4,7,9H2,1-3H3. The molecule has 1 unspecified atom stereocenters. The van der Waals surface area contributed by atoms with Crippen LogP contribution in [0.2, 0.25) is 10.0 Å². The molecule has 1 atom stereocenters. The molecule has 5 nitrogen and oxygen atoms in total. The van der Waals surface area contributed by atoms with Crippen molar-refractivity contribution >= 4 is 40.8 Å². The van der Waals surface area contributed by atoms with Gasteiger partial charge in [-0.05, 0) is 43.0 Å². The third kappa shape index (κ3) is 4.48. The Morgan fingerprint density at radius 3 is 2.46 bits per heavy atom. The van der Waals surface area contributed by atoms with E-state index >= 15 is 0 Å². The zero-order valence-electron chi connectivity index (χ0n) is 13.9. The highest BCUT2D eigenvalue weighted by Gasteiger charge is 2.38. The normalized spacial score (nSPS) is 17.4. The molecular formula is C17H20Cl2N2O3. The minimum Gasteiger partial charge on any atom is -0.465 e. The highest BCUT2D eigenvalue weighted by atomic mass is 35.5. The smallest absolute Gasteiger partial charge is 0.327 e. The Morgan fingerprint density at radius 1 is 1.29 bits per heavy atom. The number of hydrogen-bond donors (Lipinski definition) is 0. The summed E-state index contributed by atoms with van der Waals surface area (Å²) in [6.45, 7) is 5.76. The molecule has 0 saturated carbocycles. The molecule has 24 heavy (non-hydrogen) atoms. The molecule has 0 spiro atoms. The molecule has 1 aliphatic heterocycles. The average molecular weight is 371 g/mol. The van der Waals surface area contributed by atoms with E-state index in [4.69, 9.17) is 27.9 Å². The molecule has 2 rings (SSSR count). The lowest BCUT2D eigenvalue weighted by atomic mass is 9.89. The van der Waals surface area contributed by atoms with Crippen LogP contribution in [0.3, 0.4) is 0 Å². The summed E-state index contributed by atoms with van der Waals surface area (Å²) in [5.41, 5.74) is 1.61. The van der Waals surface area contributed by atoms with Crippen molar-refractivity contribution in [1.82, 2.24) is 5.01 Å². The van der Waals surface area contributed by atoms with Crippen molar-refractivity contribution in [1.29, 1.82) is 0 Å². The third-order valence-corrected chi connectivity index (χ3v) is 4.12. The lowest BCUT2D eigenvalue weighted by molar-refractivity contribution is -0.148. The van der Waals surface area contributed by atoms with Gasteiger partial charge in [-0.1, -0.05) is 37.0 Å². The van der Waals surface area contributed by atoms with Gasteiger partial charge in [0.25, 0.3) is 5.91 Å². The molecule has 0 radical (unpaired) electrons. The fraction of sp³-hybridized carbons (Fsp3) is 0.471. The Balaban J connectivity index is 2.20. The number of esters is 1. The zero-order chi connectivity index (χ0) is 17.9. The van der Waals surface area contributed by atoms with Crippen LogP contribution in [0.15, 0.2) is 23.3 Å². The minimum absolute atomic E-state index is 0.0841. The summed E-state index contributed by atoms with van der Waals surface area (Å²) >= 11 is 12.1. The van der Waals surface area contributed by atoms with Crippen LogP contribution in [0.4, 0.5) is 0 Å². The number of benzene rings is 1. The highest BCUT2D eigenvalue weighted by molar-refractivity contribution is 6.34. The Morgan fingerprint density at radius 2 is 1.92 bits per heavy atom. The van der Waals surface area contributed by atoms with Gasteiger partial charge in [0.15, 0.2) is 0 Å². The van der Waals surface area contributed by atoms with E-state index < -0.39 is 11.9 Å². The van der Waals surface area contributed by atoms with Gasteiger partial charge in [0.05, 0.1) is 18.2 Å². The van der Waals surface area contributed by atoms with E-state index in [1.807, 2.05) is 13.8 Å². The molecule has 1 aromatic rings. The van der Waals surface area contributed by atoms with Crippen molar-refractivity contribution in [3.63, 3.8) is 0 Å². The van der Waals surface area contributed by atoms with Crippen LogP contribution in [0.1, 0.15) is 26.3 Å². The van der Waals surface area contributed by atoms with Gasteiger partial charge >= 0.3 is 5.97 Å². The van der Waals surface area contributed by atoms with Gasteiger partial charge in [-0.3, -0.25) is 9.59 Å². The van der Waals surface area contributed by atoms with Gasteiger partial charge in [-0.2, -0.15) is 5.10 Å². The number of hydrazone groups is 1. The van der Waals surface area contributed by atoms with Gasteiger partial charge < -0.3 is 4.74 Å². The van der Waals surface area contributed by atoms with Gasteiger partial charge in [-0.15, -0.1) is 0 Å². The lowest BCUT2D eigenvalue weighted by Crippen LogP contribution is -2.34. The van der Waals surface area contributed by atoms with Crippen molar-refractivity contribution in [3.05, 3.63) is 33.8 Å². The number of amides is 1. The molecule has 0 saturated heterocycles. The summed E-state index contributed by atoms with van der Waals surface area (Å²) in [7, 11) is 0. The molecule has 0 N–H and O–H groups in total. The quantitative estimate of drug-likeness (QED) is 0.719. The molecular weight excluding hydrogens is 351 g/mol. The van der Waals surface area contributed by atoms with Crippen LogP contribution in [0.25, 0.3) is 0 Å².